The number of benzene rings is 2. The van der Waals surface area contributed by atoms with Crippen molar-refractivity contribution in [2.75, 3.05) is 12.0 Å². The van der Waals surface area contributed by atoms with Gasteiger partial charge >= 0.3 is 6.09 Å². The standard InChI is InChI=1S/C22H26BrNO3/c1-15(2)11-18-10-9-17-12-19(23)21(26-3)13-20(17)24(18)22(25)27-14-16-7-5-4-6-8-16/h4-8,12-13,15,18H,9-11,14H2,1-3H3. The van der Waals surface area contributed by atoms with Crippen LogP contribution in [0.2, 0.25) is 0 Å². The molecule has 144 valence electrons. The second kappa shape index (κ2) is 8.79. The first kappa shape index (κ1) is 19.7. The van der Waals surface area contributed by atoms with Crippen LogP contribution in [0.5, 0.6) is 5.75 Å². The molecule has 27 heavy (non-hydrogen) atoms. The van der Waals surface area contributed by atoms with Crippen molar-refractivity contribution < 1.29 is 14.3 Å². The van der Waals surface area contributed by atoms with Gasteiger partial charge in [-0.2, -0.15) is 0 Å². The number of carbonyl (C=O) groups excluding carboxylic acids is 1. The van der Waals surface area contributed by atoms with Gasteiger partial charge in [0.05, 0.1) is 17.3 Å². The first-order valence-electron chi connectivity index (χ1n) is 9.36. The molecule has 5 heteroatoms. The zero-order valence-electron chi connectivity index (χ0n) is 16.1. The van der Waals surface area contributed by atoms with Crippen LogP contribution in [0.1, 0.15) is 37.8 Å². The second-order valence-corrected chi connectivity index (χ2v) is 8.20. The van der Waals surface area contributed by atoms with Crippen LogP contribution < -0.4 is 9.64 Å². The summed E-state index contributed by atoms with van der Waals surface area (Å²) >= 11 is 3.55. The summed E-state index contributed by atoms with van der Waals surface area (Å²) in [6, 6.07) is 13.9. The van der Waals surface area contributed by atoms with Crippen LogP contribution in [-0.2, 0) is 17.8 Å². The summed E-state index contributed by atoms with van der Waals surface area (Å²) in [7, 11) is 1.64. The van der Waals surface area contributed by atoms with E-state index >= 15 is 0 Å². The summed E-state index contributed by atoms with van der Waals surface area (Å²) in [6.45, 7) is 4.64. The lowest BCUT2D eigenvalue weighted by molar-refractivity contribution is 0.142. The van der Waals surface area contributed by atoms with Crippen LogP contribution in [0, 0.1) is 5.92 Å². The van der Waals surface area contributed by atoms with E-state index in [9.17, 15) is 4.79 Å². The molecule has 0 saturated carbocycles. The number of hydrogen-bond donors (Lipinski definition) is 0. The van der Waals surface area contributed by atoms with Crippen LogP contribution in [0.4, 0.5) is 10.5 Å². The van der Waals surface area contributed by atoms with E-state index in [2.05, 4.69) is 35.8 Å². The highest BCUT2D eigenvalue weighted by molar-refractivity contribution is 9.10. The molecule has 2 aromatic carbocycles. The summed E-state index contributed by atoms with van der Waals surface area (Å²) < 4.78 is 12.0. The van der Waals surface area contributed by atoms with Gasteiger partial charge < -0.3 is 9.47 Å². The molecule has 3 rings (SSSR count). The van der Waals surface area contributed by atoms with E-state index < -0.39 is 0 Å². The van der Waals surface area contributed by atoms with E-state index in [0.717, 1.165) is 46.3 Å². The fourth-order valence-electron chi connectivity index (χ4n) is 3.62. The topological polar surface area (TPSA) is 38.8 Å². The number of nitrogens with zero attached hydrogens (tertiary/aromatic N) is 1. The van der Waals surface area contributed by atoms with Crippen LogP contribution in [0.15, 0.2) is 46.9 Å². The predicted molar refractivity (Wildman–Crippen MR) is 111 cm³/mol. The van der Waals surface area contributed by atoms with Gasteiger partial charge in [-0.25, -0.2) is 4.79 Å². The molecule has 0 spiro atoms. The molecule has 1 amide bonds. The molecular formula is C22H26BrNO3. The highest BCUT2D eigenvalue weighted by atomic mass is 79.9. The number of aryl methyl sites for hydroxylation is 1. The molecule has 1 atom stereocenters. The molecule has 0 N–H and O–H groups in total. The van der Waals surface area contributed by atoms with Gasteiger partial charge in [-0.3, -0.25) is 4.90 Å². The lowest BCUT2D eigenvalue weighted by Gasteiger charge is -2.37. The van der Waals surface area contributed by atoms with Crippen LogP contribution >= 0.6 is 15.9 Å². The quantitative estimate of drug-likeness (QED) is 0.585. The summed E-state index contributed by atoms with van der Waals surface area (Å²) in [5, 5.41) is 0. The minimum atomic E-state index is -0.296. The van der Waals surface area contributed by atoms with Crippen molar-refractivity contribution >= 4 is 27.7 Å². The number of ether oxygens (including phenoxy) is 2. The van der Waals surface area contributed by atoms with Gasteiger partial charge in [0.15, 0.2) is 0 Å². The van der Waals surface area contributed by atoms with Crippen molar-refractivity contribution in [1.29, 1.82) is 0 Å². The number of rotatable bonds is 5. The molecule has 2 aromatic rings. The SMILES string of the molecule is COc1cc2c(cc1Br)CCC(CC(C)C)N2C(=O)OCc1ccccc1. The largest absolute Gasteiger partial charge is 0.495 e. The highest BCUT2D eigenvalue weighted by Gasteiger charge is 2.33. The average Bonchev–Trinajstić information content (AvgIpc) is 2.66. The molecule has 1 aliphatic rings. The molecule has 0 fully saturated rings. The minimum Gasteiger partial charge on any atom is -0.495 e. The molecule has 1 unspecified atom stereocenters. The summed E-state index contributed by atoms with van der Waals surface area (Å²) in [6.07, 6.45) is 2.52. The monoisotopic (exact) mass is 431 g/mol. The molecule has 0 aromatic heterocycles. The van der Waals surface area contributed by atoms with E-state index in [0.29, 0.717) is 5.92 Å². The number of amides is 1. The Hall–Kier alpha value is -2.01. The van der Waals surface area contributed by atoms with E-state index in [-0.39, 0.29) is 18.7 Å². The maximum atomic E-state index is 13.1. The highest BCUT2D eigenvalue weighted by Crippen LogP contribution is 2.40. The maximum Gasteiger partial charge on any atom is 0.414 e. The van der Waals surface area contributed by atoms with Gasteiger partial charge in [-0.15, -0.1) is 0 Å². The molecule has 1 aliphatic heterocycles. The number of carbonyl (C=O) groups is 1. The minimum absolute atomic E-state index is 0.131. The van der Waals surface area contributed by atoms with Crippen molar-refractivity contribution in [1.82, 2.24) is 0 Å². The molecule has 0 radical (unpaired) electrons. The van der Waals surface area contributed by atoms with Crippen molar-refractivity contribution in [2.45, 2.75) is 45.8 Å². The zero-order chi connectivity index (χ0) is 19.4. The average molecular weight is 432 g/mol. The smallest absolute Gasteiger partial charge is 0.414 e. The Balaban J connectivity index is 1.88. The Morgan fingerprint density at radius 2 is 2.00 bits per heavy atom. The van der Waals surface area contributed by atoms with Gasteiger partial charge in [-0.05, 0) is 58.3 Å². The second-order valence-electron chi connectivity index (χ2n) is 7.35. The number of fused-ring (bicyclic) bond motifs is 1. The number of hydrogen-bond acceptors (Lipinski definition) is 3. The number of halogens is 1. The van der Waals surface area contributed by atoms with E-state index in [1.807, 2.05) is 41.3 Å². The number of methoxy groups -OCH3 is 1. The zero-order valence-corrected chi connectivity index (χ0v) is 17.7. The molecular weight excluding hydrogens is 406 g/mol. The van der Waals surface area contributed by atoms with E-state index in [1.54, 1.807) is 7.11 Å². The third kappa shape index (κ3) is 4.64. The molecule has 0 aliphatic carbocycles. The van der Waals surface area contributed by atoms with E-state index in [1.165, 1.54) is 0 Å². The Morgan fingerprint density at radius 1 is 1.26 bits per heavy atom. The van der Waals surface area contributed by atoms with Crippen molar-refractivity contribution in [3.05, 3.63) is 58.1 Å². The first-order chi connectivity index (χ1) is 13.0. The van der Waals surface area contributed by atoms with Crippen molar-refractivity contribution in [2.24, 2.45) is 5.92 Å². The van der Waals surface area contributed by atoms with Gasteiger partial charge in [-0.1, -0.05) is 44.2 Å². The third-order valence-electron chi connectivity index (χ3n) is 4.87. The molecule has 0 saturated heterocycles. The van der Waals surface area contributed by atoms with Crippen LogP contribution in [-0.4, -0.2) is 19.2 Å². The lowest BCUT2D eigenvalue weighted by Crippen LogP contribution is -2.44. The van der Waals surface area contributed by atoms with Gasteiger partial charge in [0.2, 0.25) is 0 Å². The predicted octanol–water partition coefficient (Wildman–Crippen LogP) is 5.96. The Morgan fingerprint density at radius 3 is 2.67 bits per heavy atom. The Kier molecular flexibility index (Phi) is 6.42. The van der Waals surface area contributed by atoms with Gasteiger partial charge in [0.1, 0.15) is 12.4 Å². The summed E-state index contributed by atoms with van der Waals surface area (Å²) in [4.78, 5) is 14.9. The third-order valence-corrected chi connectivity index (χ3v) is 5.49. The van der Waals surface area contributed by atoms with E-state index in [4.69, 9.17) is 9.47 Å². The first-order valence-corrected chi connectivity index (χ1v) is 10.1. The van der Waals surface area contributed by atoms with Crippen LogP contribution in [0.3, 0.4) is 0 Å². The Bertz CT molecular complexity index is 792. The van der Waals surface area contributed by atoms with Crippen molar-refractivity contribution in [3.8, 4) is 5.75 Å². The molecule has 4 nitrogen and oxygen atoms in total. The molecule has 1 heterocycles. The summed E-state index contributed by atoms with van der Waals surface area (Å²) in [5.74, 6) is 1.22. The van der Waals surface area contributed by atoms with Gasteiger partial charge in [0.25, 0.3) is 0 Å². The van der Waals surface area contributed by atoms with Crippen molar-refractivity contribution in [3.63, 3.8) is 0 Å². The Labute approximate surface area is 169 Å². The van der Waals surface area contributed by atoms with Gasteiger partial charge in [0, 0.05) is 12.1 Å². The normalized spacial score (nSPS) is 16.2. The fraction of sp³-hybridized carbons (Fsp3) is 0.409. The summed E-state index contributed by atoms with van der Waals surface area (Å²) in [5.41, 5.74) is 3.02. The lowest BCUT2D eigenvalue weighted by atomic mass is 9.91. The maximum absolute atomic E-state index is 13.1. The number of anilines is 1. The molecule has 0 bridgehead atoms. The van der Waals surface area contributed by atoms with Crippen LogP contribution in [0.25, 0.3) is 0 Å². The fourth-order valence-corrected chi connectivity index (χ4v) is 4.17.